The number of rotatable bonds is 8. The van der Waals surface area contributed by atoms with E-state index in [1.807, 2.05) is 32.0 Å². The summed E-state index contributed by atoms with van der Waals surface area (Å²) in [5.74, 6) is 1.90. The van der Waals surface area contributed by atoms with Gasteiger partial charge in [0.05, 0.1) is 24.9 Å². The average molecular weight is 471 g/mol. The zero-order chi connectivity index (χ0) is 24.5. The molecule has 5 rings (SSSR count). The van der Waals surface area contributed by atoms with Crippen LogP contribution in [0, 0.1) is 11.3 Å². The maximum absolute atomic E-state index is 13.8. The molecule has 0 spiro atoms. The molecule has 180 valence electrons. The van der Waals surface area contributed by atoms with Crippen molar-refractivity contribution in [2.24, 2.45) is 0 Å². The van der Waals surface area contributed by atoms with Crippen molar-refractivity contribution in [1.82, 2.24) is 19.4 Å². The maximum Gasteiger partial charge on any atom is 0.254 e. The molecule has 1 saturated carbocycles. The highest BCUT2D eigenvalue weighted by molar-refractivity contribution is 5.97. The molecule has 1 aliphatic heterocycles. The minimum Gasteiger partial charge on any atom is -0.492 e. The molecule has 1 N–H and O–H groups in total. The predicted octanol–water partition coefficient (Wildman–Crippen LogP) is 4.28. The molecule has 1 amide bonds. The average Bonchev–Trinajstić information content (AvgIpc) is 3.63. The minimum absolute atomic E-state index is 0.0334. The fourth-order valence-electron chi connectivity index (χ4n) is 4.99. The van der Waals surface area contributed by atoms with E-state index in [0.29, 0.717) is 36.9 Å². The predicted molar refractivity (Wildman–Crippen MR) is 133 cm³/mol. The molecule has 2 aliphatic rings. The number of amides is 1. The zero-order valence-electron chi connectivity index (χ0n) is 20.4. The number of ether oxygens (including phenoxy) is 1. The van der Waals surface area contributed by atoms with E-state index in [1.165, 1.54) is 30.2 Å². The van der Waals surface area contributed by atoms with Crippen LogP contribution in [0.15, 0.2) is 36.8 Å². The molecule has 8 heteroatoms. The number of imidazole rings is 1. The number of fused-ring (bicyclic) bond motifs is 1. The molecule has 0 bridgehead atoms. The number of pyridine rings is 1. The lowest BCUT2D eigenvalue weighted by Crippen LogP contribution is -2.40. The minimum atomic E-state index is -0.236. The number of hydrogen-bond acceptors (Lipinski definition) is 6. The second-order valence-corrected chi connectivity index (χ2v) is 9.19. The molecule has 1 aromatic carbocycles. The van der Waals surface area contributed by atoms with Crippen LogP contribution < -0.4 is 10.1 Å². The van der Waals surface area contributed by atoms with Crippen LogP contribution in [0.1, 0.15) is 77.0 Å². The number of nitriles is 1. The SMILES string of the molecule is CCOc1cc([C@H](C)N2CCc3c(cc(Cn4ccnc4NC)cc3C3CC3)C2=O)ncc1C#N. The van der Waals surface area contributed by atoms with Gasteiger partial charge in [0.15, 0.2) is 0 Å². The summed E-state index contributed by atoms with van der Waals surface area (Å²) in [6, 6.07) is 8.03. The second kappa shape index (κ2) is 9.41. The Morgan fingerprint density at radius 3 is 2.83 bits per heavy atom. The first-order chi connectivity index (χ1) is 17.0. The van der Waals surface area contributed by atoms with Crippen LogP contribution in [0.5, 0.6) is 5.75 Å². The number of carbonyl (C=O) groups excluding carboxylic acids is 1. The first kappa shape index (κ1) is 22.9. The van der Waals surface area contributed by atoms with Crippen molar-refractivity contribution < 1.29 is 9.53 Å². The number of carbonyl (C=O) groups is 1. The summed E-state index contributed by atoms with van der Waals surface area (Å²) < 4.78 is 7.70. The molecule has 2 aromatic heterocycles. The van der Waals surface area contributed by atoms with Crippen molar-refractivity contribution in [3.63, 3.8) is 0 Å². The van der Waals surface area contributed by atoms with Crippen LogP contribution in [0.25, 0.3) is 0 Å². The highest BCUT2D eigenvalue weighted by atomic mass is 16.5. The molecule has 1 aliphatic carbocycles. The smallest absolute Gasteiger partial charge is 0.254 e. The van der Waals surface area contributed by atoms with E-state index in [1.54, 1.807) is 12.3 Å². The largest absolute Gasteiger partial charge is 0.492 e. The van der Waals surface area contributed by atoms with Crippen LogP contribution in [0.2, 0.25) is 0 Å². The van der Waals surface area contributed by atoms with Gasteiger partial charge in [-0.2, -0.15) is 5.26 Å². The van der Waals surface area contributed by atoms with Crippen molar-refractivity contribution in [1.29, 1.82) is 5.26 Å². The molecule has 1 fully saturated rings. The van der Waals surface area contributed by atoms with Gasteiger partial charge in [-0.3, -0.25) is 9.78 Å². The van der Waals surface area contributed by atoms with Gasteiger partial charge in [-0.1, -0.05) is 6.07 Å². The van der Waals surface area contributed by atoms with Crippen LogP contribution in [0.3, 0.4) is 0 Å². The van der Waals surface area contributed by atoms with Crippen LogP contribution in [-0.2, 0) is 13.0 Å². The van der Waals surface area contributed by atoms with Crippen LogP contribution in [0.4, 0.5) is 5.95 Å². The van der Waals surface area contributed by atoms with Gasteiger partial charge in [0, 0.05) is 43.8 Å². The molecule has 35 heavy (non-hydrogen) atoms. The number of benzene rings is 1. The maximum atomic E-state index is 13.8. The molecule has 0 saturated heterocycles. The number of aromatic nitrogens is 3. The molecular weight excluding hydrogens is 440 g/mol. The van der Waals surface area contributed by atoms with Crippen molar-refractivity contribution in [2.75, 3.05) is 25.5 Å². The normalized spacial score (nSPS) is 15.9. The number of anilines is 1. The highest BCUT2D eigenvalue weighted by Gasteiger charge is 2.35. The Kier molecular flexibility index (Phi) is 6.16. The van der Waals surface area contributed by atoms with E-state index < -0.39 is 0 Å². The Labute approximate surface area is 205 Å². The number of nitrogens with zero attached hydrogens (tertiary/aromatic N) is 5. The molecule has 0 unspecified atom stereocenters. The Morgan fingerprint density at radius 1 is 1.29 bits per heavy atom. The molecular formula is C27H30N6O2. The summed E-state index contributed by atoms with van der Waals surface area (Å²) >= 11 is 0. The molecule has 8 nitrogen and oxygen atoms in total. The Hall–Kier alpha value is -3.86. The summed E-state index contributed by atoms with van der Waals surface area (Å²) in [5, 5.41) is 12.5. The van der Waals surface area contributed by atoms with Crippen molar-refractivity contribution in [3.05, 3.63) is 70.3 Å². The lowest BCUT2D eigenvalue weighted by atomic mass is 9.88. The summed E-state index contributed by atoms with van der Waals surface area (Å²) in [4.78, 5) is 24.5. The molecule has 0 radical (unpaired) electrons. The first-order valence-corrected chi connectivity index (χ1v) is 12.2. The summed E-state index contributed by atoms with van der Waals surface area (Å²) in [6.45, 7) is 5.63. The highest BCUT2D eigenvalue weighted by Crippen LogP contribution is 2.44. The van der Waals surface area contributed by atoms with E-state index in [0.717, 1.165) is 29.2 Å². The summed E-state index contributed by atoms with van der Waals surface area (Å²) in [6.07, 6.45) is 8.47. The number of nitrogens with one attached hydrogen (secondary N) is 1. The standard InChI is InChI=1S/C27H30N6O2/c1-4-35-25-13-24(31-15-20(25)14-28)17(2)33-9-7-21-22(19-5-6-19)11-18(12-23(21)26(33)34)16-32-10-8-30-27(32)29-3/h8,10-13,15,17,19H,4-7,9,16H2,1-3H3,(H,29,30)/t17-/m0/s1. The third kappa shape index (κ3) is 4.34. The Morgan fingerprint density at radius 2 is 2.11 bits per heavy atom. The summed E-state index contributed by atoms with van der Waals surface area (Å²) in [7, 11) is 1.86. The van der Waals surface area contributed by atoms with Gasteiger partial charge in [0.1, 0.15) is 17.4 Å². The van der Waals surface area contributed by atoms with Gasteiger partial charge in [-0.05, 0) is 61.8 Å². The quantitative estimate of drug-likeness (QED) is 0.528. The van der Waals surface area contributed by atoms with E-state index in [4.69, 9.17) is 4.74 Å². The topological polar surface area (TPSA) is 96.1 Å². The van der Waals surface area contributed by atoms with Gasteiger partial charge in [0.2, 0.25) is 5.95 Å². The molecule has 3 aromatic rings. The second-order valence-electron chi connectivity index (χ2n) is 9.19. The van der Waals surface area contributed by atoms with Crippen molar-refractivity contribution in [2.45, 2.75) is 51.6 Å². The lowest BCUT2D eigenvalue weighted by molar-refractivity contribution is 0.0668. The fourth-order valence-corrected chi connectivity index (χ4v) is 4.99. The van der Waals surface area contributed by atoms with Crippen molar-refractivity contribution in [3.8, 4) is 11.8 Å². The zero-order valence-corrected chi connectivity index (χ0v) is 20.4. The van der Waals surface area contributed by atoms with Gasteiger partial charge in [0.25, 0.3) is 5.91 Å². The van der Waals surface area contributed by atoms with E-state index in [2.05, 4.69) is 38.1 Å². The van der Waals surface area contributed by atoms with Gasteiger partial charge in [-0.15, -0.1) is 0 Å². The molecule has 1 atom stereocenters. The van der Waals surface area contributed by atoms with Gasteiger partial charge in [-0.25, -0.2) is 4.98 Å². The lowest BCUT2D eigenvalue weighted by Gasteiger charge is -2.35. The number of hydrogen-bond donors (Lipinski definition) is 1. The third-order valence-electron chi connectivity index (χ3n) is 6.95. The van der Waals surface area contributed by atoms with E-state index in [9.17, 15) is 10.1 Å². The Balaban J connectivity index is 1.47. The molecule has 3 heterocycles. The first-order valence-electron chi connectivity index (χ1n) is 12.2. The van der Waals surface area contributed by atoms with Crippen LogP contribution in [-0.4, -0.2) is 45.5 Å². The van der Waals surface area contributed by atoms with E-state index >= 15 is 0 Å². The van der Waals surface area contributed by atoms with Gasteiger partial charge < -0.3 is 19.5 Å². The summed E-state index contributed by atoms with van der Waals surface area (Å²) in [5.41, 5.74) is 5.56. The fraction of sp³-hybridized carbons (Fsp3) is 0.407. The van der Waals surface area contributed by atoms with E-state index in [-0.39, 0.29) is 11.9 Å². The third-order valence-corrected chi connectivity index (χ3v) is 6.95. The van der Waals surface area contributed by atoms with Crippen molar-refractivity contribution >= 4 is 11.9 Å². The monoisotopic (exact) mass is 470 g/mol. The Bertz CT molecular complexity index is 1300. The van der Waals surface area contributed by atoms with Gasteiger partial charge >= 0.3 is 0 Å². The van der Waals surface area contributed by atoms with Crippen LogP contribution >= 0.6 is 0 Å².